The standard InChI is InChI=1S/C41H65N7O7/c1-27(2)20-21-47(45-35(50)33(39(3,4)5)44-37(52)55-11)26-31(49)30(24-28-16-13-12-14-17-28)43-36(51)34(40(6,7)8)48-23-22-46(38(48)53)25-29-18-15-19-32(42-29)41(9,10)54/h12-19,27,30-31,33-34,49,54H,20-26H2,1-11H3,(H,43,51)(H,44,52)(H,45,50)/t30-,31-,33+,34+/m0/s1. The summed E-state index contributed by atoms with van der Waals surface area (Å²) in [5, 5.41) is 29.8. The van der Waals surface area contributed by atoms with Gasteiger partial charge in [-0.2, -0.15) is 0 Å². The summed E-state index contributed by atoms with van der Waals surface area (Å²) in [5.41, 5.74) is 2.45. The molecule has 0 aliphatic carbocycles. The molecule has 0 bridgehead atoms. The number of carbonyl (C=O) groups is 4. The molecule has 1 aromatic carbocycles. The Hall–Kier alpha value is -4.27. The average Bonchev–Trinajstić information content (AvgIpc) is 3.42. The van der Waals surface area contributed by atoms with Crippen LogP contribution in [0.4, 0.5) is 9.59 Å². The number of urea groups is 1. The van der Waals surface area contributed by atoms with Crippen LogP contribution in [-0.2, 0) is 32.9 Å². The molecule has 1 aliphatic rings. The van der Waals surface area contributed by atoms with Gasteiger partial charge in [-0.1, -0.05) is 91.8 Å². The Kier molecular flexibility index (Phi) is 15.6. The van der Waals surface area contributed by atoms with Crippen molar-refractivity contribution < 1.29 is 34.1 Å². The van der Waals surface area contributed by atoms with Crippen molar-refractivity contribution in [2.24, 2.45) is 16.7 Å². The molecule has 14 nitrogen and oxygen atoms in total. The zero-order valence-electron chi connectivity index (χ0n) is 34.7. The van der Waals surface area contributed by atoms with Crippen molar-refractivity contribution >= 4 is 23.9 Å². The number of carbonyl (C=O) groups excluding carboxylic acids is 4. The molecule has 0 radical (unpaired) electrons. The van der Waals surface area contributed by atoms with Crippen LogP contribution in [0.1, 0.15) is 92.6 Å². The number of hydrogen-bond acceptors (Lipinski definition) is 9. The normalized spacial score (nSPS) is 16.2. The van der Waals surface area contributed by atoms with Gasteiger partial charge < -0.3 is 35.4 Å². The molecular weight excluding hydrogens is 702 g/mol. The molecule has 1 aliphatic heterocycles. The van der Waals surface area contributed by atoms with E-state index >= 15 is 0 Å². The van der Waals surface area contributed by atoms with E-state index in [-0.39, 0.29) is 31.5 Å². The Balaban J connectivity index is 1.88. The highest BCUT2D eigenvalue weighted by Gasteiger charge is 2.44. The Bertz CT molecular complexity index is 1580. The van der Waals surface area contributed by atoms with Crippen molar-refractivity contribution in [3.8, 4) is 0 Å². The fourth-order valence-corrected chi connectivity index (χ4v) is 6.54. The molecule has 14 heteroatoms. The molecule has 55 heavy (non-hydrogen) atoms. The van der Waals surface area contributed by atoms with Crippen LogP contribution in [0, 0.1) is 16.7 Å². The van der Waals surface area contributed by atoms with E-state index in [1.807, 2.05) is 71.9 Å². The van der Waals surface area contributed by atoms with Crippen molar-refractivity contribution in [1.29, 1.82) is 0 Å². The van der Waals surface area contributed by atoms with Gasteiger partial charge in [0.05, 0.1) is 37.2 Å². The number of benzene rings is 1. The van der Waals surface area contributed by atoms with Crippen molar-refractivity contribution in [1.82, 2.24) is 35.9 Å². The van der Waals surface area contributed by atoms with Gasteiger partial charge in [0.15, 0.2) is 0 Å². The third-order valence-corrected chi connectivity index (χ3v) is 9.61. The zero-order chi connectivity index (χ0) is 41.3. The predicted molar refractivity (Wildman–Crippen MR) is 211 cm³/mol. The molecule has 4 atom stereocenters. The van der Waals surface area contributed by atoms with Crippen LogP contribution in [0.2, 0.25) is 0 Å². The van der Waals surface area contributed by atoms with E-state index in [9.17, 15) is 29.4 Å². The number of hydrogen-bond donors (Lipinski definition) is 5. The van der Waals surface area contributed by atoms with Crippen LogP contribution in [-0.4, -0.2) is 111 Å². The van der Waals surface area contributed by atoms with E-state index in [0.717, 1.165) is 5.56 Å². The number of pyridine rings is 1. The minimum absolute atomic E-state index is 0.0291. The van der Waals surface area contributed by atoms with E-state index in [4.69, 9.17) is 4.74 Å². The Morgan fingerprint density at radius 2 is 1.56 bits per heavy atom. The van der Waals surface area contributed by atoms with Gasteiger partial charge in [-0.3, -0.25) is 20.0 Å². The first-order valence-electron chi connectivity index (χ1n) is 19.2. The summed E-state index contributed by atoms with van der Waals surface area (Å²) in [7, 11) is 1.23. The van der Waals surface area contributed by atoms with E-state index in [2.05, 4.69) is 34.9 Å². The number of aliphatic hydroxyl groups is 2. The van der Waals surface area contributed by atoms with Gasteiger partial charge in [0.2, 0.25) is 5.91 Å². The summed E-state index contributed by atoms with van der Waals surface area (Å²) >= 11 is 0. The zero-order valence-corrected chi connectivity index (χ0v) is 34.7. The lowest BCUT2D eigenvalue weighted by Gasteiger charge is -2.38. The molecule has 2 heterocycles. The Morgan fingerprint density at radius 3 is 2.13 bits per heavy atom. The van der Waals surface area contributed by atoms with Crippen LogP contribution in [0.15, 0.2) is 48.5 Å². The number of hydrazine groups is 1. The maximum atomic E-state index is 14.4. The van der Waals surface area contributed by atoms with Gasteiger partial charge in [0, 0.05) is 26.2 Å². The number of ether oxygens (including phenoxy) is 1. The Morgan fingerprint density at radius 1 is 0.909 bits per heavy atom. The smallest absolute Gasteiger partial charge is 0.407 e. The van der Waals surface area contributed by atoms with Crippen molar-refractivity contribution in [3.05, 3.63) is 65.5 Å². The summed E-state index contributed by atoms with van der Waals surface area (Å²) in [4.78, 5) is 62.0. The highest BCUT2D eigenvalue weighted by molar-refractivity contribution is 5.89. The molecule has 2 aromatic rings. The van der Waals surface area contributed by atoms with Crippen molar-refractivity contribution in [3.63, 3.8) is 0 Å². The summed E-state index contributed by atoms with van der Waals surface area (Å²) in [6.45, 7) is 19.9. The lowest BCUT2D eigenvalue weighted by molar-refractivity contribution is -0.133. The van der Waals surface area contributed by atoms with Crippen LogP contribution in [0.5, 0.6) is 0 Å². The molecule has 3 rings (SSSR count). The summed E-state index contributed by atoms with van der Waals surface area (Å²) < 4.78 is 4.77. The first-order chi connectivity index (χ1) is 25.5. The number of aromatic nitrogens is 1. The monoisotopic (exact) mass is 767 g/mol. The van der Waals surface area contributed by atoms with Gasteiger partial charge in [-0.15, -0.1) is 0 Å². The molecular formula is C41H65N7O7. The number of amides is 5. The van der Waals surface area contributed by atoms with Gasteiger partial charge in [-0.05, 0) is 61.1 Å². The first kappa shape index (κ1) is 45.1. The maximum absolute atomic E-state index is 14.4. The SMILES string of the molecule is COC(=O)N[C@H](C(=O)NN(CCC(C)C)C[C@H](O)[C@H](Cc1ccccc1)NC(=O)[C@@H](N1CCN(Cc2cccc(C(C)(C)O)n2)C1=O)C(C)(C)C)C(C)(C)C. The van der Waals surface area contributed by atoms with Crippen molar-refractivity contribution in [2.45, 2.75) is 118 Å². The number of nitrogens with zero attached hydrogens (tertiary/aromatic N) is 4. The molecule has 1 aromatic heterocycles. The van der Waals surface area contributed by atoms with Crippen LogP contribution in [0.3, 0.4) is 0 Å². The highest BCUT2D eigenvalue weighted by atomic mass is 16.5. The molecule has 0 spiro atoms. The molecule has 0 unspecified atom stereocenters. The minimum atomic E-state index is -1.15. The number of alkyl carbamates (subject to hydrolysis) is 1. The topological polar surface area (TPSA) is 177 Å². The van der Waals surface area contributed by atoms with Gasteiger partial charge >= 0.3 is 12.1 Å². The van der Waals surface area contributed by atoms with Gasteiger partial charge in [-0.25, -0.2) is 14.6 Å². The number of aliphatic hydroxyl groups excluding tert-OH is 1. The predicted octanol–water partition coefficient (Wildman–Crippen LogP) is 4.20. The molecule has 0 saturated carbocycles. The fourth-order valence-electron chi connectivity index (χ4n) is 6.54. The molecule has 5 N–H and O–H groups in total. The molecule has 1 saturated heterocycles. The van der Waals surface area contributed by atoms with E-state index < -0.39 is 58.6 Å². The summed E-state index contributed by atoms with van der Waals surface area (Å²) in [6.07, 6.45) is -0.906. The third kappa shape index (κ3) is 13.5. The number of nitrogens with one attached hydrogen (secondary N) is 3. The number of methoxy groups -OCH3 is 1. The summed E-state index contributed by atoms with van der Waals surface area (Å²) in [6, 6.07) is 11.9. The second kappa shape index (κ2) is 19.1. The molecule has 306 valence electrons. The molecule has 5 amide bonds. The largest absolute Gasteiger partial charge is 0.453 e. The highest BCUT2D eigenvalue weighted by Crippen LogP contribution is 2.29. The van der Waals surface area contributed by atoms with E-state index in [1.54, 1.807) is 46.9 Å². The van der Waals surface area contributed by atoms with Crippen LogP contribution >= 0.6 is 0 Å². The first-order valence-corrected chi connectivity index (χ1v) is 19.2. The minimum Gasteiger partial charge on any atom is -0.453 e. The lowest BCUT2D eigenvalue weighted by Crippen LogP contribution is -2.61. The van der Waals surface area contributed by atoms with Crippen molar-refractivity contribution in [2.75, 3.05) is 33.3 Å². The maximum Gasteiger partial charge on any atom is 0.407 e. The lowest BCUT2D eigenvalue weighted by atomic mass is 9.84. The van der Waals surface area contributed by atoms with E-state index in [1.165, 1.54) is 7.11 Å². The second-order valence-corrected chi connectivity index (χ2v) is 17.7. The third-order valence-electron chi connectivity index (χ3n) is 9.61. The average molecular weight is 768 g/mol. The van der Waals surface area contributed by atoms with Crippen LogP contribution in [0.25, 0.3) is 0 Å². The fraction of sp³-hybridized carbons (Fsp3) is 0.634. The van der Waals surface area contributed by atoms with Crippen LogP contribution < -0.4 is 16.1 Å². The number of rotatable bonds is 17. The van der Waals surface area contributed by atoms with Gasteiger partial charge in [0.25, 0.3) is 5.91 Å². The summed E-state index contributed by atoms with van der Waals surface area (Å²) in [5.74, 6) is -0.587. The molecule has 1 fully saturated rings. The quantitative estimate of drug-likeness (QED) is 0.148. The second-order valence-electron chi connectivity index (χ2n) is 17.7. The van der Waals surface area contributed by atoms with E-state index in [0.29, 0.717) is 37.4 Å². The van der Waals surface area contributed by atoms with Gasteiger partial charge in [0.1, 0.15) is 17.7 Å². The Labute approximate surface area is 327 Å².